The first-order chi connectivity index (χ1) is 7.93. The molecule has 17 heavy (non-hydrogen) atoms. The van der Waals surface area contributed by atoms with E-state index in [1.807, 2.05) is 32.3 Å². The molecule has 0 bridgehead atoms. The highest BCUT2D eigenvalue weighted by Crippen LogP contribution is 2.09. The Kier molecular flexibility index (Phi) is 12.2. The first kappa shape index (κ1) is 18.3. The second kappa shape index (κ2) is 11.4. The molecule has 1 aromatic rings. The van der Waals surface area contributed by atoms with Crippen molar-refractivity contribution in [1.29, 1.82) is 0 Å². The lowest BCUT2D eigenvalue weighted by Gasteiger charge is -1.98. The topological polar surface area (TPSA) is 12.9 Å². The van der Waals surface area contributed by atoms with Crippen molar-refractivity contribution in [2.75, 3.05) is 0 Å². The summed E-state index contributed by atoms with van der Waals surface area (Å²) in [6.45, 7) is 16.8. The van der Waals surface area contributed by atoms with Gasteiger partial charge in [-0.25, -0.2) is 0 Å². The van der Waals surface area contributed by atoms with Gasteiger partial charge in [0.1, 0.15) is 0 Å². The van der Waals surface area contributed by atoms with E-state index in [0.717, 1.165) is 5.92 Å². The van der Waals surface area contributed by atoms with E-state index >= 15 is 0 Å². The van der Waals surface area contributed by atoms with E-state index in [-0.39, 0.29) is 0 Å². The molecular weight excluding hydrogens is 206 g/mol. The first-order valence-corrected chi connectivity index (χ1v) is 6.49. The third-order valence-electron chi connectivity index (χ3n) is 1.51. The second-order valence-electron chi connectivity index (χ2n) is 4.69. The Morgan fingerprint density at radius 2 is 1.65 bits per heavy atom. The fraction of sp³-hybridized carbons (Fsp3) is 0.562. The zero-order chi connectivity index (χ0) is 13.8. The number of aryl methyl sites for hydroxylation is 1. The number of nitrogens with zero attached hydrogens (tertiary/aromatic N) is 1. The quantitative estimate of drug-likeness (QED) is 0.626. The van der Waals surface area contributed by atoms with Crippen LogP contribution in [-0.2, 0) is 0 Å². The summed E-state index contributed by atoms with van der Waals surface area (Å²) in [4.78, 5) is 4.02. The largest absolute Gasteiger partial charge is 0.264 e. The summed E-state index contributed by atoms with van der Waals surface area (Å²) in [7, 11) is 0. The Hall–Kier alpha value is -1.11. The Morgan fingerprint density at radius 1 is 1.18 bits per heavy atom. The lowest BCUT2D eigenvalue weighted by atomic mass is 10.1. The van der Waals surface area contributed by atoms with Crippen LogP contribution in [0.15, 0.2) is 24.0 Å². The Labute approximate surface area is 108 Å². The first-order valence-electron chi connectivity index (χ1n) is 6.49. The van der Waals surface area contributed by atoms with Crippen LogP contribution in [0.4, 0.5) is 0 Å². The molecular formula is C16H29N. The Morgan fingerprint density at radius 3 is 2.00 bits per heavy atom. The molecule has 0 radical (unpaired) electrons. The van der Waals surface area contributed by atoms with Crippen LogP contribution in [0.25, 0.3) is 6.08 Å². The molecule has 1 aromatic heterocycles. The molecule has 0 amide bonds. The second-order valence-corrected chi connectivity index (χ2v) is 4.69. The number of hydrogen-bond acceptors (Lipinski definition) is 1. The van der Waals surface area contributed by atoms with Crippen molar-refractivity contribution in [3.05, 3.63) is 35.2 Å². The number of allylic oxidation sites excluding steroid dienone is 1. The molecule has 1 heterocycles. The maximum atomic E-state index is 4.02. The van der Waals surface area contributed by atoms with Gasteiger partial charge in [0.15, 0.2) is 0 Å². The Balaban J connectivity index is 0. The third-order valence-corrected chi connectivity index (χ3v) is 1.51. The summed E-state index contributed by atoms with van der Waals surface area (Å²) in [5.74, 6) is 0.833. The van der Waals surface area contributed by atoms with Gasteiger partial charge >= 0.3 is 0 Å². The van der Waals surface area contributed by atoms with Crippen LogP contribution in [0.5, 0.6) is 0 Å². The van der Waals surface area contributed by atoms with Crippen LogP contribution in [0, 0.1) is 12.8 Å². The number of pyridine rings is 1. The monoisotopic (exact) mass is 235 g/mol. The minimum atomic E-state index is 0.833. The van der Waals surface area contributed by atoms with Gasteiger partial charge in [-0.1, -0.05) is 46.3 Å². The van der Waals surface area contributed by atoms with Crippen LogP contribution in [0.2, 0.25) is 0 Å². The average molecular weight is 235 g/mol. The van der Waals surface area contributed by atoms with Gasteiger partial charge in [-0.3, -0.25) is 4.98 Å². The molecule has 1 nitrogen and oxygen atoms in total. The van der Waals surface area contributed by atoms with Gasteiger partial charge in [0, 0.05) is 12.4 Å². The molecule has 0 aliphatic carbocycles. The van der Waals surface area contributed by atoms with E-state index in [1.165, 1.54) is 16.7 Å². The minimum Gasteiger partial charge on any atom is -0.264 e. The van der Waals surface area contributed by atoms with Gasteiger partial charge in [0.2, 0.25) is 0 Å². The summed E-state index contributed by atoms with van der Waals surface area (Å²) in [6.07, 6.45) is 5.87. The third kappa shape index (κ3) is 12.8. The van der Waals surface area contributed by atoms with E-state index in [0.29, 0.717) is 0 Å². The van der Waals surface area contributed by atoms with Crippen LogP contribution in [0.1, 0.15) is 59.6 Å². The predicted molar refractivity (Wildman–Crippen MR) is 80.2 cm³/mol. The molecule has 0 saturated carbocycles. The molecule has 0 unspecified atom stereocenters. The van der Waals surface area contributed by atoms with Crippen LogP contribution in [-0.4, -0.2) is 4.98 Å². The summed E-state index contributed by atoms with van der Waals surface area (Å²) in [5, 5.41) is 0. The van der Waals surface area contributed by atoms with Gasteiger partial charge in [-0.05, 0) is 43.9 Å². The van der Waals surface area contributed by atoms with Crippen molar-refractivity contribution in [2.24, 2.45) is 5.92 Å². The van der Waals surface area contributed by atoms with E-state index in [4.69, 9.17) is 0 Å². The number of hydrogen-bond donors (Lipinski definition) is 0. The number of rotatable bonds is 1. The molecule has 0 aliphatic heterocycles. The van der Waals surface area contributed by atoms with Crippen molar-refractivity contribution in [2.45, 2.75) is 55.4 Å². The highest BCUT2D eigenvalue weighted by Gasteiger charge is 1.91. The molecule has 1 heteroatoms. The van der Waals surface area contributed by atoms with Gasteiger partial charge in [0.25, 0.3) is 0 Å². The van der Waals surface area contributed by atoms with Gasteiger partial charge < -0.3 is 0 Å². The molecule has 0 atom stereocenters. The molecule has 0 spiro atoms. The van der Waals surface area contributed by atoms with Crippen LogP contribution >= 0.6 is 0 Å². The Bertz CT molecular complexity index is 304. The fourth-order valence-corrected chi connectivity index (χ4v) is 0.957. The van der Waals surface area contributed by atoms with Gasteiger partial charge in [-0.15, -0.1) is 0 Å². The van der Waals surface area contributed by atoms with Gasteiger partial charge in [-0.2, -0.15) is 0 Å². The van der Waals surface area contributed by atoms with E-state index < -0.39 is 0 Å². The van der Waals surface area contributed by atoms with E-state index in [1.54, 1.807) is 0 Å². The highest BCUT2D eigenvalue weighted by atomic mass is 14.6. The molecule has 1 rings (SSSR count). The molecule has 0 fully saturated rings. The predicted octanol–water partition coefficient (Wildman–Crippen LogP) is 5.50. The highest BCUT2D eigenvalue weighted by molar-refractivity contribution is 5.54. The molecule has 98 valence electrons. The maximum Gasteiger partial charge on any atom is 0.0303 e. The zero-order valence-corrected chi connectivity index (χ0v) is 12.8. The maximum absolute atomic E-state index is 4.02. The lowest BCUT2D eigenvalue weighted by Crippen LogP contribution is -1.81. The zero-order valence-electron chi connectivity index (χ0n) is 12.8. The van der Waals surface area contributed by atoms with Crippen molar-refractivity contribution in [3.63, 3.8) is 0 Å². The van der Waals surface area contributed by atoms with E-state index in [2.05, 4.69) is 52.6 Å². The van der Waals surface area contributed by atoms with Crippen LogP contribution < -0.4 is 0 Å². The summed E-state index contributed by atoms with van der Waals surface area (Å²) >= 11 is 0. The summed E-state index contributed by atoms with van der Waals surface area (Å²) < 4.78 is 0. The molecule has 0 aromatic carbocycles. The standard InChI is InChI=1S/C10H13N.C4H10.C2H6/c1-8(2)6-10-4-5-11-7-9(10)3;1-4(2)3;1-2/h4-7H,1-3H3;4H,1-3H3;1-2H3. The van der Waals surface area contributed by atoms with Crippen molar-refractivity contribution in [1.82, 2.24) is 4.98 Å². The summed E-state index contributed by atoms with van der Waals surface area (Å²) in [5.41, 5.74) is 3.81. The number of aromatic nitrogens is 1. The van der Waals surface area contributed by atoms with Crippen molar-refractivity contribution in [3.8, 4) is 0 Å². The summed E-state index contributed by atoms with van der Waals surface area (Å²) in [6, 6.07) is 2.03. The van der Waals surface area contributed by atoms with E-state index in [9.17, 15) is 0 Å². The molecule has 0 saturated heterocycles. The molecule has 0 aliphatic rings. The van der Waals surface area contributed by atoms with Crippen molar-refractivity contribution >= 4 is 6.08 Å². The van der Waals surface area contributed by atoms with Crippen LogP contribution in [0.3, 0.4) is 0 Å². The smallest absolute Gasteiger partial charge is 0.0303 e. The minimum absolute atomic E-state index is 0.833. The fourth-order valence-electron chi connectivity index (χ4n) is 0.957. The molecule has 0 N–H and O–H groups in total. The van der Waals surface area contributed by atoms with Crippen molar-refractivity contribution < 1.29 is 0 Å². The lowest BCUT2D eigenvalue weighted by molar-refractivity contribution is 0.737. The SMILES string of the molecule is CC.CC(C)=Cc1ccncc1C.CC(C)C. The van der Waals surface area contributed by atoms with Gasteiger partial charge in [0.05, 0.1) is 0 Å². The normalized spacial score (nSPS) is 8.53. The average Bonchev–Trinajstić information content (AvgIpc) is 2.23.